The van der Waals surface area contributed by atoms with Gasteiger partial charge >= 0.3 is 5.97 Å². The maximum atomic E-state index is 11.1. The second-order valence-electron chi connectivity index (χ2n) is 3.55. The Hall–Kier alpha value is -1.36. The first kappa shape index (κ1) is 10.7. The van der Waals surface area contributed by atoms with Crippen LogP contribution >= 0.6 is 0 Å². The van der Waals surface area contributed by atoms with Crippen LogP contribution in [0, 0.1) is 0 Å². The molecular weight excluding hydrogens is 182 g/mol. The fraction of sp³-hybridized carbons (Fsp3) is 0.556. The summed E-state index contributed by atoms with van der Waals surface area (Å²) in [5.74, 6) is -0.333. The van der Waals surface area contributed by atoms with Crippen molar-refractivity contribution >= 4 is 5.97 Å². The van der Waals surface area contributed by atoms with Gasteiger partial charge in [-0.2, -0.15) is 5.10 Å². The van der Waals surface area contributed by atoms with Crippen molar-refractivity contribution in [2.75, 3.05) is 7.11 Å². The lowest BCUT2D eigenvalue weighted by Crippen LogP contribution is -2.36. The number of aryl methyl sites for hydroxylation is 1. The van der Waals surface area contributed by atoms with Crippen molar-refractivity contribution in [1.82, 2.24) is 9.78 Å². The Morgan fingerprint density at radius 2 is 2.43 bits per heavy atom. The number of esters is 1. The minimum absolute atomic E-state index is 0.126. The van der Waals surface area contributed by atoms with Crippen molar-refractivity contribution in [3.05, 3.63) is 18.0 Å². The lowest BCUT2D eigenvalue weighted by Gasteiger charge is -2.20. The maximum Gasteiger partial charge on any atom is 0.307 e. The summed E-state index contributed by atoms with van der Waals surface area (Å²) in [4.78, 5) is 11.1. The van der Waals surface area contributed by atoms with E-state index in [-0.39, 0.29) is 12.4 Å². The number of hydrogen-bond acceptors (Lipinski definition) is 4. The van der Waals surface area contributed by atoms with E-state index in [2.05, 4.69) is 9.84 Å². The zero-order valence-corrected chi connectivity index (χ0v) is 8.65. The summed E-state index contributed by atoms with van der Waals surface area (Å²) in [6, 6.07) is 1.79. The molecule has 5 heteroatoms. The summed E-state index contributed by atoms with van der Waals surface area (Å²) in [7, 11) is 3.15. The molecule has 0 aromatic carbocycles. The van der Waals surface area contributed by atoms with Gasteiger partial charge in [0.2, 0.25) is 0 Å². The number of aromatic nitrogens is 2. The molecule has 5 nitrogen and oxygen atoms in total. The van der Waals surface area contributed by atoms with Crippen molar-refractivity contribution in [3.8, 4) is 0 Å². The molecule has 1 atom stereocenters. The minimum atomic E-state index is -0.769. The molecule has 1 rings (SSSR count). The highest BCUT2D eigenvalue weighted by Gasteiger charge is 2.27. The second kappa shape index (κ2) is 3.79. The Morgan fingerprint density at radius 3 is 2.86 bits per heavy atom. The molecule has 1 unspecified atom stereocenters. The topological polar surface area (TPSA) is 70.1 Å². The third kappa shape index (κ3) is 2.32. The standard InChI is InChI=1S/C9H15N3O2/c1-9(10,6-8(13)14-3)7-4-5-12(2)11-7/h4-5H,6,10H2,1-3H3. The Labute approximate surface area is 82.8 Å². The average molecular weight is 197 g/mol. The van der Waals surface area contributed by atoms with Crippen LogP contribution in [0.15, 0.2) is 12.3 Å². The number of methoxy groups -OCH3 is 1. The highest BCUT2D eigenvalue weighted by Crippen LogP contribution is 2.19. The van der Waals surface area contributed by atoms with Crippen molar-refractivity contribution in [1.29, 1.82) is 0 Å². The minimum Gasteiger partial charge on any atom is -0.469 e. The summed E-state index contributed by atoms with van der Waals surface area (Å²) < 4.78 is 6.21. The van der Waals surface area contributed by atoms with Crippen LogP contribution in [0.3, 0.4) is 0 Å². The molecule has 0 aliphatic heterocycles. The zero-order chi connectivity index (χ0) is 10.8. The summed E-state index contributed by atoms with van der Waals surface area (Å²) in [6.45, 7) is 1.76. The molecule has 0 aliphatic rings. The number of carbonyl (C=O) groups excluding carboxylic acids is 1. The maximum absolute atomic E-state index is 11.1. The predicted molar refractivity (Wildman–Crippen MR) is 51.4 cm³/mol. The van der Waals surface area contributed by atoms with Gasteiger partial charge in [-0.15, -0.1) is 0 Å². The predicted octanol–water partition coefficient (Wildman–Crippen LogP) is 0.157. The first-order chi connectivity index (χ1) is 6.45. The summed E-state index contributed by atoms with van der Waals surface area (Å²) in [6.07, 6.45) is 1.91. The van der Waals surface area contributed by atoms with Gasteiger partial charge in [-0.25, -0.2) is 0 Å². The van der Waals surface area contributed by atoms with Crippen LogP contribution in [0.5, 0.6) is 0 Å². The van der Waals surface area contributed by atoms with Crippen molar-refractivity contribution in [3.63, 3.8) is 0 Å². The molecule has 0 amide bonds. The zero-order valence-electron chi connectivity index (χ0n) is 8.65. The van der Waals surface area contributed by atoms with Crippen LogP contribution < -0.4 is 5.73 Å². The van der Waals surface area contributed by atoms with Crippen LogP contribution in [0.25, 0.3) is 0 Å². The van der Waals surface area contributed by atoms with Crippen molar-refractivity contribution in [2.24, 2.45) is 12.8 Å². The normalized spacial score (nSPS) is 14.9. The van der Waals surface area contributed by atoms with E-state index in [0.29, 0.717) is 5.69 Å². The van der Waals surface area contributed by atoms with E-state index < -0.39 is 5.54 Å². The lowest BCUT2D eigenvalue weighted by molar-refractivity contribution is -0.142. The third-order valence-electron chi connectivity index (χ3n) is 2.04. The number of carbonyl (C=O) groups is 1. The van der Waals surface area contributed by atoms with Crippen LogP contribution in [0.2, 0.25) is 0 Å². The molecule has 78 valence electrons. The Morgan fingerprint density at radius 1 is 1.79 bits per heavy atom. The summed E-state index contributed by atoms with van der Waals surface area (Å²) in [5.41, 5.74) is 5.87. The van der Waals surface area contributed by atoms with Gasteiger partial charge in [0.25, 0.3) is 0 Å². The highest BCUT2D eigenvalue weighted by molar-refractivity contribution is 5.70. The smallest absolute Gasteiger partial charge is 0.307 e. The summed E-state index contributed by atoms with van der Waals surface area (Å²) >= 11 is 0. The Balaban J connectivity index is 2.79. The monoisotopic (exact) mass is 197 g/mol. The fourth-order valence-electron chi connectivity index (χ4n) is 1.18. The van der Waals surface area contributed by atoms with E-state index >= 15 is 0 Å². The van der Waals surface area contributed by atoms with Gasteiger partial charge in [0.05, 0.1) is 24.8 Å². The van der Waals surface area contributed by atoms with Gasteiger partial charge in [-0.05, 0) is 13.0 Å². The van der Waals surface area contributed by atoms with Crippen molar-refractivity contribution in [2.45, 2.75) is 18.9 Å². The van der Waals surface area contributed by atoms with Gasteiger partial charge in [-0.1, -0.05) is 0 Å². The quantitative estimate of drug-likeness (QED) is 0.700. The molecule has 0 aliphatic carbocycles. The largest absolute Gasteiger partial charge is 0.469 e. The van der Waals surface area contributed by atoms with Gasteiger partial charge in [-0.3, -0.25) is 9.48 Å². The third-order valence-corrected chi connectivity index (χ3v) is 2.04. The molecule has 1 aromatic heterocycles. The van der Waals surface area contributed by atoms with Gasteiger partial charge in [0.15, 0.2) is 0 Å². The molecule has 0 bridgehead atoms. The molecule has 14 heavy (non-hydrogen) atoms. The number of nitrogens with zero attached hydrogens (tertiary/aromatic N) is 2. The summed E-state index contributed by atoms with van der Waals surface area (Å²) in [5, 5.41) is 4.15. The van der Waals surface area contributed by atoms with E-state index in [4.69, 9.17) is 5.73 Å². The first-order valence-corrected chi connectivity index (χ1v) is 4.31. The number of nitrogens with two attached hydrogens (primary N) is 1. The van der Waals surface area contributed by atoms with Crippen LogP contribution in [-0.2, 0) is 22.1 Å². The molecule has 1 heterocycles. The molecule has 0 radical (unpaired) electrons. The number of rotatable bonds is 3. The van der Waals surface area contributed by atoms with E-state index in [1.807, 2.05) is 0 Å². The molecule has 0 saturated carbocycles. The SMILES string of the molecule is COC(=O)CC(C)(N)c1ccn(C)n1. The fourth-order valence-corrected chi connectivity index (χ4v) is 1.18. The first-order valence-electron chi connectivity index (χ1n) is 4.31. The van der Waals surface area contributed by atoms with Crippen LogP contribution in [0.4, 0.5) is 0 Å². The lowest BCUT2D eigenvalue weighted by atomic mass is 9.95. The van der Waals surface area contributed by atoms with Crippen LogP contribution in [-0.4, -0.2) is 22.9 Å². The Kier molecular flexibility index (Phi) is 2.90. The average Bonchev–Trinajstić information content (AvgIpc) is 2.51. The highest BCUT2D eigenvalue weighted by atomic mass is 16.5. The Bertz CT molecular complexity index is 331. The molecule has 1 aromatic rings. The molecule has 0 spiro atoms. The number of hydrogen-bond donors (Lipinski definition) is 1. The van der Waals surface area contributed by atoms with Gasteiger partial charge in [0, 0.05) is 13.2 Å². The van der Waals surface area contributed by atoms with Gasteiger partial charge in [0.1, 0.15) is 0 Å². The van der Waals surface area contributed by atoms with E-state index in [0.717, 1.165) is 0 Å². The molecular formula is C9H15N3O2. The molecule has 0 saturated heterocycles. The van der Waals surface area contributed by atoms with Crippen molar-refractivity contribution < 1.29 is 9.53 Å². The van der Waals surface area contributed by atoms with E-state index in [1.54, 1.807) is 30.9 Å². The molecule has 0 fully saturated rings. The number of ether oxygens (including phenoxy) is 1. The van der Waals surface area contributed by atoms with E-state index in [9.17, 15) is 4.79 Å². The van der Waals surface area contributed by atoms with E-state index in [1.165, 1.54) is 7.11 Å². The van der Waals surface area contributed by atoms with Crippen LogP contribution in [0.1, 0.15) is 19.0 Å². The molecule has 2 N–H and O–H groups in total. The van der Waals surface area contributed by atoms with Gasteiger partial charge < -0.3 is 10.5 Å². The second-order valence-corrected chi connectivity index (χ2v) is 3.55.